The van der Waals surface area contributed by atoms with Crippen LogP contribution in [0.2, 0.25) is 0 Å². The van der Waals surface area contributed by atoms with E-state index in [1.807, 2.05) is 0 Å². The van der Waals surface area contributed by atoms with Gasteiger partial charge in [0.15, 0.2) is 0 Å². The van der Waals surface area contributed by atoms with Gasteiger partial charge >= 0.3 is 0 Å². The van der Waals surface area contributed by atoms with Crippen molar-refractivity contribution in [1.82, 2.24) is 5.32 Å². The Bertz CT molecular complexity index is 299. The number of carbonyl (C=O) groups excluding carboxylic acids is 1. The van der Waals surface area contributed by atoms with Crippen molar-refractivity contribution in [3.63, 3.8) is 0 Å². The summed E-state index contributed by atoms with van der Waals surface area (Å²) >= 11 is 0. The van der Waals surface area contributed by atoms with E-state index in [4.69, 9.17) is 10.00 Å². The molecule has 0 spiro atoms. The van der Waals surface area contributed by atoms with Gasteiger partial charge in [-0.3, -0.25) is 4.79 Å². The maximum absolute atomic E-state index is 11.9. The number of nitrogens with zero attached hydrogens (tertiary/aromatic N) is 1. The molecular formula is C13H20N2O2. The molecule has 1 aliphatic carbocycles. The van der Waals surface area contributed by atoms with Gasteiger partial charge in [-0.15, -0.1) is 0 Å². The third kappa shape index (κ3) is 3.19. The highest BCUT2D eigenvalue weighted by Crippen LogP contribution is 2.26. The van der Waals surface area contributed by atoms with Gasteiger partial charge in [-0.2, -0.15) is 5.26 Å². The summed E-state index contributed by atoms with van der Waals surface area (Å²) in [5.41, 5.74) is 0. The van der Waals surface area contributed by atoms with Crippen LogP contribution in [-0.4, -0.2) is 24.7 Å². The molecule has 0 aromatic rings. The Morgan fingerprint density at radius 2 is 2.00 bits per heavy atom. The maximum atomic E-state index is 11.9. The number of hydrogen-bond donors (Lipinski definition) is 1. The fraction of sp³-hybridized carbons (Fsp3) is 0.846. The predicted octanol–water partition coefficient (Wildman–Crippen LogP) is 1.75. The van der Waals surface area contributed by atoms with Crippen molar-refractivity contribution in [2.45, 2.75) is 57.1 Å². The number of nitriles is 1. The number of ether oxygens (including phenoxy) is 1. The van der Waals surface area contributed by atoms with Gasteiger partial charge in [-0.05, 0) is 31.6 Å². The second-order valence-corrected chi connectivity index (χ2v) is 5.02. The fourth-order valence-corrected chi connectivity index (χ4v) is 2.75. The molecule has 2 fully saturated rings. The van der Waals surface area contributed by atoms with Crippen LogP contribution in [0.5, 0.6) is 0 Å². The van der Waals surface area contributed by atoms with E-state index in [-0.39, 0.29) is 18.1 Å². The van der Waals surface area contributed by atoms with Crippen LogP contribution in [0.15, 0.2) is 0 Å². The lowest BCUT2D eigenvalue weighted by Gasteiger charge is -2.27. The van der Waals surface area contributed by atoms with Crippen LogP contribution in [0, 0.1) is 17.2 Å². The van der Waals surface area contributed by atoms with Crippen molar-refractivity contribution in [2.24, 2.45) is 5.92 Å². The molecule has 4 heteroatoms. The van der Waals surface area contributed by atoms with Crippen LogP contribution in [0.1, 0.15) is 44.9 Å². The summed E-state index contributed by atoms with van der Waals surface area (Å²) in [7, 11) is 0. The third-order valence-electron chi connectivity index (χ3n) is 3.78. The summed E-state index contributed by atoms with van der Waals surface area (Å²) in [6, 6.07) is 1.91. The molecule has 1 aliphatic heterocycles. The Morgan fingerprint density at radius 1 is 1.24 bits per heavy atom. The molecule has 2 unspecified atom stereocenters. The predicted molar refractivity (Wildman–Crippen MR) is 63.1 cm³/mol. The largest absolute Gasteiger partial charge is 0.368 e. The van der Waals surface area contributed by atoms with E-state index in [2.05, 4.69) is 11.4 Å². The second kappa shape index (κ2) is 6.02. The number of carbonyl (C=O) groups is 1. The normalized spacial score (nSPS) is 27.4. The minimum absolute atomic E-state index is 0.0976. The first-order valence-electron chi connectivity index (χ1n) is 6.63. The SMILES string of the molecule is N#CC(NC(=O)C1CCCO1)C1CCCCC1. The second-order valence-electron chi connectivity index (χ2n) is 5.02. The Morgan fingerprint density at radius 3 is 2.59 bits per heavy atom. The van der Waals surface area contributed by atoms with Crippen LogP contribution in [0.3, 0.4) is 0 Å². The zero-order valence-corrected chi connectivity index (χ0v) is 10.2. The molecule has 2 aliphatic rings. The van der Waals surface area contributed by atoms with Crippen LogP contribution < -0.4 is 5.32 Å². The molecule has 0 aromatic carbocycles. The Kier molecular flexibility index (Phi) is 4.38. The van der Waals surface area contributed by atoms with Gasteiger partial charge in [0.05, 0.1) is 6.07 Å². The summed E-state index contributed by atoms with van der Waals surface area (Å²) in [5.74, 6) is 0.235. The molecule has 0 bridgehead atoms. The summed E-state index contributed by atoms with van der Waals surface area (Å²) in [6.07, 6.45) is 7.14. The van der Waals surface area contributed by atoms with Gasteiger partial charge in [-0.25, -0.2) is 0 Å². The van der Waals surface area contributed by atoms with Crippen LogP contribution in [0.25, 0.3) is 0 Å². The number of hydrogen-bond acceptors (Lipinski definition) is 3. The van der Waals surface area contributed by atoms with Crippen LogP contribution in [0.4, 0.5) is 0 Å². The molecule has 1 saturated carbocycles. The van der Waals surface area contributed by atoms with Gasteiger partial charge in [0, 0.05) is 6.61 Å². The molecule has 0 aromatic heterocycles. The Labute approximate surface area is 102 Å². The third-order valence-corrected chi connectivity index (χ3v) is 3.78. The van der Waals surface area contributed by atoms with Gasteiger partial charge < -0.3 is 10.1 Å². The molecule has 1 amide bonds. The Hall–Kier alpha value is -1.08. The molecule has 94 valence electrons. The van der Waals surface area contributed by atoms with Crippen molar-refractivity contribution >= 4 is 5.91 Å². The van der Waals surface area contributed by atoms with E-state index in [9.17, 15) is 4.79 Å². The first-order chi connectivity index (χ1) is 8.31. The monoisotopic (exact) mass is 236 g/mol. The highest BCUT2D eigenvalue weighted by molar-refractivity contribution is 5.81. The molecule has 1 heterocycles. The van der Waals surface area contributed by atoms with Crippen molar-refractivity contribution in [3.8, 4) is 6.07 Å². The molecular weight excluding hydrogens is 216 g/mol. The topological polar surface area (TPSA) is 62.1 Å². The lowest BCUT2D eigenvalue weighted by molar-refractivity contribution is -0.130. The van der Waals surface area contributed by atoms with Crippen LogP contribution in [-0.2, 0) is 9.53 Å². The van der Waals surface area contributed by atoms with Gasteiger partial charge in [-0.1, -0.05) is 19.3 Å². The molecule has 1 N–H and O–H groups in total. The average molecular weight is 236 g/mol. The first-order valence-corrected chi connectivity index (χ1v) is 6.63. The lowest BCUT2D eigenvalue weighted by Crippen LogP contribution is -2.44. The maximum Gasteiger partial charge on any atom is 0.250 e. The first kappa shape index (κ1) is 12.4. The zero-order chi connectivity index (χ0) is 12.1. The Balaban J connectivity index is 1.85. The summed E-state index contributed by atoms with van der Waals surface area (Å²) in [4.78, 5) is 11.9. The van der Waals surface area contributed by atoms with E-state index in [0.29, 0.717) is 12.5 Å². The minimum atomic E-state index is -0.327. The summed E-state index contributed by atoms with van der Waals surface area (Å²) in [6.45, 7) is 0.665. The summed E-state index contributed by atoms with van der Waals surface area (Å²) in [5, 5.41) is 12.0. The lowest BCUT2D eigenvalue weighted by atomic mass is 9.84. The number of rotatable bonds is 3. The van der Waals surface area contributed by atoms with Crippen molar-refractivity contribution < 1.29 is 9.53 Å². The van der Waals surface area contributed by atoms with Gasteiger partial charge in [0.2, 0.25) is 5.91 Å². The molecule has 2 rings (SSSR count). The highest BCUT2D eigenvalue weighted by Gasteiger charge is 2.29. The zero-order valence-electron chi connectivity index (χ0n) is 10.2. The van der Waals surface area contributed by atoms with Crippen molar-refractivity contribution in [3.05, 3.63) is 0 Å². The van der Waals surface area contributed by atoms with E-state index in [1.165, 1.54) is 19.3 Å². The van der Waals surface area contributed by atoms with E-state index in [1.54, 1.807) is 0 Å². The van der Waals surface area contributed by atoms with Crippen molar-refractivity contribution in [1.29, 1.82) is 5.26 Å². The average Bonchev–Trinajstić information content (AvgIpc) is 2.90. The van der Waals surface area contributed by atoms with Gasteiger partial charge in [0.1, 0.15) is 12.1 Å². The molecule has 2 atom stereocenters. The number of amides is 1. The van der Waals surface area contributed by atoms with E-state index < -0.39 is 0 Å². The highest BCUT2D eigenvalue weighted by atomic mass is 16.5. The van der Waals surface area contributed by atoms with E-state index >= 15 is 0 Å². The van der Waals surface area contributed by atoms with Crippen LogP contribution >= 0.6 is 0 Å². The fourth-order valence-electron chi connectivity index (χ4n) is 2.75. The standard InChI is InChI=1S/C13H20N2O2/c14-9-11(10-5-2-1-3-6-10)15-13(16)12-7-4-8-17-12/h10-12H,1-8H2,(H,15,16). The molecule has 17 heavy (non-hydrogen) atoms. The van der Waals surface area contributed by atoms with Crippen molar-refractivity contribution in [2.75, 3.05) is 6.61 Å². The minimum Gasteiger partial charge on any atom is -0.368 e. The van der Waals surface area contributed by atoms with E-state index in [0.717, 1.165) is 25.7 Å². The number of nitrogens with one attached hydrogen (secondary N) is 1. The van der Waals surface area contributed by atoms with Gasteiger partial charge in [0.25, 0.3) is 0 Å². The quantitative estimate of drug-likeness (QED) is 0.812. The smallest absolute Gasteiger partial charge is 0.250 e. The molecule has 0 radical (unpaired) electrons. The molecule has 1 saturated heterocycles. The summed E-state index contributed by atoms with van der Waals surface area (Å²) < 4.78 is 5.33. The molecule has 4 nitrogen and oxygen atoms in total.